The third kappa shape index (κ3) is 2.46. The Morgan fingerprint density at radius 1 is 1.19 bits per heavy atom. The van der Waals surface area contributed by atoms with Gasteiger partial charge in [0.1, 0.15) is 5.75 Å². The Hall–Kier alpha value is -2.11. The van der Waals surface area contributed by atoms with Crippen molar-refractivity contribution in [1.82, 2.24) is 0 Å². The molecule has 0 aliphatic carbocycles. The molecule has 6 heteroatoms. The number of halogens is 1. The summed E-state index contributed by atoms with van der Waals surface area (Å²) in [4.78, 5) is 10.9. The lowest BCUT2D eigenvalue weighted by Gasteiger charge is -2.32. The quantitative estimate of drug-likeness (QED) is 0.683. The molecule has 0 radical (unpaired) electrons. The normalized spacial score (nSPS) is 24.0. The van der Waals surface area contributed by atoms with Crippen LogP contribution in [-0.4, -0.2) is 16.1 Å². The van der Waals surface area contributed by atoms with Gasteiger partial charge in [-0.25, -0.2) is 0 Å². The van der Waals surface area contributed by atoms with Gasteiger partial charge in [0, 0.05) is 15.5 Å². The summed E-state index contributed by atoms with van der Waals surface area (Å²) in [7, 11) is 0. The van der Waals surface area contributed by atoms with Gasteiger partial charge in [-0.1, -0.05) is 41.9 Å². The van der Waals surface area contributed by atoms with Crippen LogP contribution >= 0.6 is 11.6 Å². The van der Waals surface area contributed by atoms with Gasteiger partial charge in [0.05, 0.1) is 0 Å². The lowest BCUT2D eigenvalue weighted by atomic mass is 9.90. The highest BCUT2D eigenvalue weighted by Gasteiger charge is 2.46. The molecule has 3 atom stereocenters. The number of ether oxygens (including phenoxy) is 1. The van der Waals surface area contributed by atoms with Gasteiger partial charge in [-0.15, -0.1) is 0 Å². The van der Waals surface area contributed by atoms with Crippen molar-refractivity contribution in [3.8, 4) is 5.75 Å². The number of hydrogen-bond donors (Lipinski definition) is 1. The summed E-state index contributed by atoms with van der Waals surface area (Å²) in [5, 5.41) is 22.1. The van der Waals surface area contributed by atoms with Crippen LogP contribution < -0.4 is 4.74 Å². The maximum Gasteiger partial charge on any atom is 0.283 e. The molecule has 1 N–H and O–H groups in total. The number of aliphatic hydroxyl groups is 1. The van der Waals surface area contributed by atoms with Crippen molar-refractivity contribution in [3.05, 3.63) is 74.8 Å². The van der Waals surface area contributed by atoms with E-state index in [0.717, 1.165) is 0 Å². The van der Waals surface area contributed by atoms with Crippen molar-refractivity contribution in [2.24, 2.45) is 0 Å². The van der Waals surface area contributed by atoms with Crippen LogP contribution in [0.4, 0.5) is 0 Å². The smallest absolute Gasteiger partial charge is 0.283 e. The van der Waals surface area contributed by atoms with Crippen LogP contribution in [0.5, 0.6) is 5.75 Å². The molecule has 0 aromatic heterocycles. The van der Waals surface area contributed by atoms with Gasteiger partial charge in [0.15, 0.2) is 12.2 Å². The molecule has 2 aromatic carbocycles. The molecule has 21 heavy (non-hydrogen) atoms. The second kappa shape index (κ2) is 5.35. The summed E-state index contributed by atoms with van der Waals surface area (Å²) in [6.45, 7) is 0. The van der Waals surface area contributed by atoms with Crippen LogP contribution in [0.25, 0.3) is 0 Å². The predicted molar refractivity (Wildman–Crippen MR) is 77.0 cm³/mol. The average Bonchev–Trinajstić information content (AvgIpc) is 2.48. The average molecular weight is 306 g/mol. The van der Waals surface area contributed by atoms with Crippen LogP contribution in [0.3, 0.4) is 0 Å². The Bertz CT molecular complexity index is 677. The largest absolute Gasteiger partial charge is 0.478 e. The number of rotatable bonds is 2. The van der Waals surface area contributed by atoms with E-state index in [0.29, 0.717) is 21.9 Å². The number of nitro groups is 1. The van der Waals surface area contributed by atoms with Crippen molar-refractivity contribution >= 4 is 11.6 Å². The van der Waals surface area contributed by atoms with Crippen molar-refractivity contribution in [1.29, 1.82) is 0 Å². The Labute approximate surface area is 125 Å². The Kier molecular flexibility index (Phi) is 3.53. The van der Waals surface area contributed by atoms with E-state index in [1.54, 1.807) is 36.4 Å². The van der Waals surface area contributed by atoms with Crippen LogP contribution in [0.1, 0.15) is 23.3 Å². The second-order valence-corrected chi connectivity index (χ2v) is 5.29. The first kappa shape index (κ1) is 13.9. The number of fused-ring (bicyclic) bond motifs is 1. The third-order valence-electron chi connectivity index (χ3n) is 3.55. The van der Waals surface area contributed by atoms with Crippen molar-refractivity contribution < 1.29 is 14.8 Å². The number of hydrogen-bond acceptors (Lipinski definition) is 4. The highest BCUT2D eigenvalue weighted by atomic mass is 35.5. The van der Waals surface area contributed by atoms with Crippen molar-refractivity contribution in [2.45, 2.75) is 18.2 Å². The standard InChI is InChI=1S/C15H12ClNO4/c16-10-6-7-12-11(8-10)14(18)13(17(19)20)15(21-12)9-4-2-1-3-5-9/h1-8,13-15,18H/t13-,14-,15+/m0/s1. The third-order valence-corrected chi connectivity index (χ3v) is 3.78. The molecular formula is C15H12ClNO4. The molecule has 1 heterocycles. The lowest BCUT2D eigenvalue weighted by Crippen LogP contribution is -2.40. The fraction of sp³-hybridized carbons (Fsp3) is 0.200. The highest BCUT2D eigenvalue weighted by molar-refractivity contribution is 6.30. The van der Waals surface area contributed by atoms with E-state index in [4.69, 9.17) is 16.3 Å². The molecule has 5 nitrogen and oxygen atoms in total. The molecule has 2 aromatic rings. The van der Waals surface area contributed by atoms with Gasteiger partial charge in [0.2, 0.25) is 0 Å². The van der Waals surface area contributed by atoms with Gasteiger partial charge < -0.3 is 9.84 Å². The maximum absolute atomic E-state index is 11.4. The van der Waals surface area contributed by atoms with Crippen LogP contribution in [0.2, 0.25) is 5.02 Å². The molecule has 0 saturated carbocycles. The zero-order valence-electron chi connectivity index (χ0n) is 10.8. The monoisotopic (exact) mass is 305 g/mol. The minimum absolute atomic E-state index is 0.344. The molecule has 1 aliphatic rings. The van der Waals surface area contributed by atoms with Crippen LogP contribution in [0, 0.1) is 10.1 Å². The molecule has 108 valence electrons. The van der Waals surface area contributed by atoms with Crippen molar-refractivity contribution in [3.63, 3.8) is 0 Å². The molecule has 0 saturated heterocycles. The maximum atomic E-state index is 11.4. The molecule has 1 aliphatic heterocycles. The van der Waals surface area contributed by atoms with E-state index < -0.39 is 23.2 Å². The van der Waals surface area contributed by atoms with E-state index in [2.05, 4.69) is 0 Å². The van der Waals surface area contributed by atoms with E-state index in [9.17, 15) is 15.2 Å². The SMILES string of the molecule is O=[N+]([O-])[C@@H]1[C@@H](c2ccccc2)Oc2ccc(Cl)cc2[C@@H]1O. The fourth-order valence-corrected chi connectivity index (χ4v) is 2.73. The van der Waals surface area contributed by atoms with E-state index >= 15 is 0 Å². The minimum atomic E-state index is -1.28. The lowest BCUT2D eigenvalue weighted by molar-refractivity contribution is -0.549. The molecule has 0 spiro atoms. The van der Waals surface area contributed by atoms with Gasteiger partial charge in [-0.05, 0) is 23.8 Å². The summed E-state index contributed by atoms with van der Waals surface area (Å²) in [5.74, 6) is 0.416. The Morgan fingerprint density at radius 2 is 1.90 bits per heavy atom. The molecule has 0 unspecified atom stereocenters. The molecular weight excluding hydrogens is 294 g/mol. The van der Waals surface area contributed by atoms with E-state index in [1.165, 1.54) is 6.07 Å². The van der Waals surface area contributed by atoms with Crippen LogP contribution in [-0.2, 0) is 0 Å². The van der Waals surface area contributed by atoms with Gasteiger partial charge in [-0.3, -0.25) is 10.1 Å². The van der Waals surface area contributed by atoms with Crippen molar-refractivity contribution in [2.75, 3.05) is 0 Å². The molecule has 0 fully saturated rings. The fourth-order valence-electron chi connectivity index (χ4n) is 2.55. The van der Waals surface area contributed by atoms with Gasteiger partial charge in [-0.2, -0.15) is 0 Å². The first-order chi connectivity index (χ1) is 10.1. The molecule has 3 rings (SSSR count). The Balaban J connectivity index is 2.09. The topological polar surface area (TPSA) is 72.6 Å². The zero-order chi connectivity index (χ0) is 15.0. The minimum Gasteiger partial charge on any atom is -0.478 e. The molecule has 0 bridgehead atoms. The number of benzene rings is 2. The zero-order valence-corrected chi connectivity index (χ0v) is 11.6. The summed E-state index contributed by atoms with van der Waals surface area (Å²) in [5.41, 5.74) is 0.996. The van der Waals surface area contributed by atoms with E-state index in [1.807, 2.05) is 6.07 Å². The summed E-state index contributed by atoms with van der Waals surface area (Å²) in [6, 6.07) is 12.3. The Morgan fingerprint density at radius 3 is 2.57 bits per heavy atom. The number of nitrogens with zero attached hydrogens (tertiary/aromatic N) is 1. The van der Waals surface area contributed by atoms with Crippen LogP contribution in [0.15, 0.2) is 48.5 Å². The first-order valence-electron chi connectivity index (χ1n) is 6.40. The van der Waals surface area contributed by atoms with Gasteiger partial charge >= 0.3 is 0 Å². The van der Waals surface area contributed by atoms with E-state index in [-0.39, 0.29) is 0 Å². The van der Waals surface area contributed by atoms with Gasteiger partial charge in [0.25, 0.3) is 6.04 Å². The predicted octanol–water partition coefficient (Wildman–Crippen LogP) is 3.15. The second-order valence-electron chi connectivity index (χ2n) is 4.85. The summed E-state index contributed by atoms with van der Waals surface area (Å²) < 4.78 is 5.76. The summed E-state index contributed by atoms with van der Waals surface area (Å²) in [6.07, 6.45) is -2.11. The first-order valence-corrected chi connectivity index (χ1v) is 6.78. The highest BCUT2D eigenvalue weighted by Crippen LogP contribution is 2.43. The number of aliphatic hydroxyl groups excluding tert-OH is 1. The summed E-state index contributed by atoms with van der Waals surface area (Å²) >= 11 is 5.89. The molecule has 0 amide bonds.